The summed E-state index contributed by atoms with van der Waals surface area (Å²) >= 11 is 4.63. The molecule has 160 valence electrons. The summed E-state index contributed by atoms with van der Waals surface area (Å²) in [7, 11) is 0. The van der Waals surface area contributed by atoms with Crippen molar-refractivity contribution < 1.29 is 9.53 Å². The topological polar surface area (TPSA) is 76.8 Å². The number of benzene rings is 2. The molecule has 0 saturated carbocycles. The summed E-state index contributed by atoms with van der Waals surface area (Å²) in [6, 6.07) is 13.0. The van der Waals surface area contributed by atoms with E-state index < -0.39 is 0 Å². The van der Waals surface area contributed by atoms with Gasteiger partial charge in [0.05, 0.1) is 17.9 Å². The average molecular weight is 509 g/mol. The number of carbonyl (C=O) groups is 1. The highest BCUT2D eigenvalue weighted by Crippen LogP contribution is 2.37. The Kier molecular flexibility index (Phi) is 5.15. The molecular formula is C23H17BrN4O3S. The molecule has 9 heteroatoms. The zero-order chi connectivity index (χ0) is 22.4. The van der Waals surface area contributed by atoms with Gasteiger partial charge >= 0.3 is 0 Å². The molecule has 0 N–H and O–H groups in total. The molecule has 2 aromatic carbocycles. The van der Waals surface area contributed by atoms with Crippen LogP contribution in [0.3, 0.4) is 0 Å². The summed E-state index contributed by atoms with van der Waals surface area (Å²) in [4.78, 5) is 33.0. The van der Waals surface area contributed by atoms with Crippen LogP contribution in [0.25, 0.3) is 21.9 Å². The number of aromatic nitrogens is 3. The van der Waals surface area contributed by atoms with Crippen LogP contribution in [0.4, 0.5) is 5.69 Å². The van der Waals surface area contributed by atoms with Gasteiger partial charge in [0, 0.05) is 22.1 Å². The molecule has 0 fully saturated rings. The van der Waals surface area contributed by atoms with Gasteiger partial charge in [-0.15, -0.1) is 11.7 Å². The molecule has 4 aromatic rings. The Morgan fingerprint density at radius 3 is 2.66 bits per heavy atom. The van der Waals surface area contributed by atoms with Gasteiger partial charge in [0.2, 0.25) is 4.96 Å². The minimum atomic E-state index is -0.357. The molecule has 0 spiro atoms. The average Bonchev–Trinajstić information content (AvgIpc) is 3.41. The van der Waals surface area contributed by atoms with Crippen molar-refractivity contribution in [2.75, 3.05) is 18.1 Å². The molecule has 0 unspecified atom stereocenters. The third-order valence-corrected chi connectivity index (χ3v) is 6.62. The number of carbonyl (C=O) groups excluding carboxylic acids is 1. The van der Waals surface area contributed by atoms with Crippen LogP contribution in [-0.2, 0) is 4.79 Å². The molecule has 0 aliphatic carbocycles. The van der Waals surface area contributed by atoms with E-state index in [4.69, 9.17) is 4.74 Å². The van der Waals surface area contributed by atoms with Gasteiger partial charge in [-0.1, -0.05) is 33.3 Å². The van der Waals surface area contributed by atoms with Gasteiger partial charge < -0.3 is 9.64 Å². The number of rotatable bonds is 5. The summed E-state index contributed by atoms with van der Waals surface area (Å²) < 4.78 is 7.88. The molecule has 1 aliphatic rings. The Hall–Kier alpha value is -3.30. The van der Waals surface area contributed by atoms with Crippen molar-refractivity contribution in [3.8, 4) is 17.1 Å². The van der Waals surface area contributed by atoms with Crippen LogP contribution >= 0.6 is 27.3 Å². The predicted molar refractivity (Wildman–Crippen MR) is 128 cm³/mol. The van der Waals surface area contributed by atoms with Crippen LogP contribution in [0.15, 0.2) is 64.4 Å². The second-order valence-corrected chi connectivity index (χ2v) is 8.96. The van der Waals surface area contributed by atoms with Gasteiger partial charge in [-0.25, -0.2) is 0 Å². The van der Waals surface area contributed by atoms with E-state index in [1.165, 1.54) is 15.9 Å². The number of hydrogen-bond donors (Lipinski definition) is 0. The van der Waals surface area contributed by atoms with Crippen LogP contribution in [0.2, 0.25) is 0 Å². The van der Waals surface area contributed by atoms with Crippen molar-refractivity contribution >= 4 is 49.4 Å². The number of hydrogen-bond acceptors (Lipinski definition) is 6. The lowest BCUT2D eigenvalue weighted by Gasteiger charge is -2.14. The summed E-state index contributed by atoms with van der Waals surface area (Å²) in [5.41, 5.74) is 2.25. The Balaban J connectivity index is 1.65. The maximum atomic E-state index is 13.2. The largest absolute Gasteiger partial charge is 0.494 e. The zero-order valence-electron chi connectivity index (χ0n) is 17.0. The number of amides is 1. The van der Waals surface area contributed by atoms with Crippen molar-refractivity contribution in [3.63, 3.8) is 0 Å². The highest BCUT2D eigenvalue weighted by molar-refractivity contribution is 9.10. The van der Waals surface area contributed by atoms with Crippen molar-refractivity contribution in [3.05, 3.63) is 80.0 Å². The van der Waals surface area contributed by atoms with Gasteiger partial charge in [-0.2, -0.15) is 9.50 Å². The Morgan fingerprint density at radius 1 is 1.19 bits per heavy atom. The first-order valence-corrected chi connectivity index (χ1v) is 11.5. The lowest BCUT2D eigenvalue weighted by molar-refractivity contribution is -0.112. The Labute approximate surface area is 195 Å². The van der Waals surface area contributed by atoms with Crippen LogP contribution in [0.1, 0.15) is 12.5 Å². The van der Waals surface area contributed by atoms with Crippen molar-refractivity contribution in [2.45, 2.75) is 6.92 Å². The number of halogens is 1. The van der Waals surface area contributed by atoms with E-state index in [1.54, 1.807) is 11.0 Å². The summed E-state index contributed by atoms with van der Waals surface area (Å²) in [6.45, 7) is 6.61. The molecule has 2 aromatic heterocycles. The van der Waals surface area contributed by atoms with Crippen molar-refractivity contribution in [1.29, 1.82) is 0 Å². The van der Waals surface area contributed by atoms with Gasteiger partial charge in [0.15, 0.2) is 5.82 Å². The lowest BCUT2D eigenvalue weighted by Crippen LogP contribution is -2.32. The molecule has 1 aliphatic heterocycles. The fourth-order valence-corrected chi connectivity index (χ4v) is 5.07. The highest BCUT2D eigenvalue weighted by Gasteiger charge is 2.34. The second kappa shape index (κ2) is 7.99. The van der Waals surface area contributed by atoms with Crippen LogP contribution in [0.5, 0.6) is 5.75 Å². The van der Waals surface area contributed by atoms with Crippen molar-refractivity contribution in [2.24, 2.45) is 0 Å². The first kappa shape index (κ1) is 20.6. The quantitative estimate of drug-likeness (QED) is 0.386. The lowest BCUT2D eigenvalue weighted by atomic mass is 10.1. The third-order valence-electron chi connectivity index (χ3n) is 5.10. The number of fused-ring (bicyclic) bond motifs is 2. The van der Waals surface area contributed by atoms with E-state index in [2.05, 4.69) is 32.6 Å². The fraction of sp³-hybridized carbons (Fsp3) is 0.130. The summed E-state index contributed by atoms with van der Waals surface area (Å²) in [5, 5.41) is 4.40. The Bertz CT molecular complexity index is 1490. The number of anilines is 1. The van der Waals surface area contributed by atoms with Gasteiger partial charge in [0.25, 0.3) is 11.5 Å². The normalized spacial score (nSPS) is 14.8. The van der Waals surface area contributed by atoms with Gasteiger partial charge in [-0.05, 0) is 49.4 Å². The predicted octanol–water partition coefficient (Wildman–Crippen LogP) is 3.43. The van der Waals surface area contributed by atoms with Gasteiger partial charge in [-0.3, -0.25) is 9.59 Å². The zero-order valence-corrected chi connectivity index (χ0v) is 19.4. The van der Waals surface area contributed by atoms with Crippen LogP contribution in [0, 0.1) is 0 Å². The molecule has 0 saturated heterocycles. The minimum absolute atomic E-state index is 0.230. The monoisotopic (exact) mass is 508 g/mol. The minimum Gasteiger partial charge on any atom is -0.494 e. The van der Waals surface area contributed by atoms with E-state index in [0.29, 0.717) is 39.6 Å². The molecule has 0 radical (unpaired) electrons. The molecule has 0 bridgehead atoms. The fourth-order valence-electron chi connectivity index (χ4n) is 3.71. The molecule has 32 heavy (non-hydrogen) atoms. The maximum Gasteiger partial charge on any atom is 0.291 e. The van der Waals surface area contributed by atoms with E-state index in [-0.39, 0.29) is 11.5 Å². The second-order valence-electron chi connectivity index (χ2n) is 7.06. The standard InChI is InChI=1S/C23H17BrN4O3S/c1-3-11-27-17-10-7-14(24)12-16(17)18(21(27)29)19-22(30)28-23(32-19)25-20(26-28)13-5-8-15(9-6-13)31-4-2/h3,5-10,12H,1,4,11H2,2H3. The highest BCUT2D eigenvalue weighted by atomic mass is 79.9. The number of thiazole rings is 1. The maximum absolute atomic E-state index is 13.2. The number of ether oxygens (including phenoxy) is 1. The Morgan fingerprint density at radius 2 is 1.97 bits per heavy atom. The molecule has 1 amide bonds. The summed E-state index contributed by atoms with van der Waals surface area (Å²) in [5.74, 6) is 0.975. The molecule has 7 nitrogen and oxygen atoms in total. The van der Waals surface area contributed by atoms with Crippen LogP contribution < -0.4 is 19.7 Å². The molecule has 0 atom stereocenters. The first-order chi connectivity index (χ1) is 15.5. The molecular weight excluding hydrogens is 492 g/mol. The van der Waals surface area contributed by atoms with E-state index >= 15 is 0 Å². The smallest absolute Gasteiger partial charge is 0.291 e. The van der Waals surface area contributed by atoms with E-state index in [0.717, 1.165) is 21.5 Å². The molecule has 5 rings (SSSR count). The number of nitrogens with zero attached hydrogens (tertiary/aromatic N) is 4. The van der Waals surface area contributed by atoms with Crippen LogP contribution in [-0.4, -0.2) is 33.7 Å². The van der Waals surface area contributed by atoms with E-state index in [9.17, 15) is 9.59 Å². The first-order valence-electron chi connectivity index (χ1n) is 9.91. The SMILES string of the molecule is C=CCN1C(=O)C(=c2sc3nc(-c4ccc(OCC)cc4)nn3c2=O)c2cc(Br)ccc21. The van der Waals surface area contributed by atoms with Crippen molar-refractivity contribution in [1.82, 2.24) is 14.6 Å². The third kappa shape index (κ3) is 3.25. The summed E-state index contributed by atoms with van der Waals surface area (Å²) in [6.07, 6.45) is 1.66. The van der Waals surface area contributed by atoms with Gasteiger partial charge in [0.1, 0.15) is 10.3 Å². The van der Waals surface area contributed by atoms with E-state index in [1.807, 2.05) is 49.4 Å². The molecule has 3 heterocycles.